The Balaban J connectivity index is 2.84. The number of rotatable bonds is 1. The van der Waals surface area contributed by atoms with Crippen LogP contribution in [-0.2, 0) is 0 Å². The summed E-state index contributed by atoms with van der Waals surface area (Å²) in [4.78, 5) is 0. The molecule has 1 aromatic carbocycles. The fraction of sp³-hybridized carbons (Fsp3) is 0.125. The van der Waals surface area contributed by atoms with Gasteiger partial charge < -0.3 is 5.43 Å². The van der Waals surface area contributed by atoms with Crippen molar-refractivity contribution in [3.63, 3.8) is 0 Å². The number of benzene rings is 1. The maximum Gasteiger partial charge on any atom is 0.0691 e. The fourth-order valence-electron chi connectivity index (χ4n) is 1.36. The standard InChI is InChI=1S/C8H10N4/c1-5-8-6(10-9)3-2-4-7(8)12-11-5/h2-4,10H,9H2,1H3,(H,11,12). The van der Waals surface area contributed by atoms with Gasteiger partial charge in [-0.2, -0.15) is 5.10 Å². The topological polar surface area (TPSA) is 66.7 Å². The van der Waals surface area contributed by atoms with E-state index in [1.807, 2.05) is 25.1 Å². The maximum absolute atomic E-state index is 5.35. The van der Waals surface area contributed by atoms with Gasteiger partial charge in [0.15, 0.2) is 0 Å². The molecule has 1 heterocycles. The van der Waals surface area contributed by atoms with Gasteiger partial charge >= 0.3 is 0 Å². The lowest BCUT2D eigenvalue weighted by atomic mass is 10.2. The van der Waals surface area contributed by atoms with Gasteiger partial charge in [0.05, 0.1) is 16.9 Å². The van der Waals surface area contributed by atoms with Crippen LogP contribution in [0, 0.1) is 6.92 Å². The number of anilines is 1. The highest BCUT2D eigenvalue weighted by Gasteiger charge is 2.04. The lowest BCUT2D eigenvalue weighted by molar-refractivity contribution is 1.07. The minimum Gasteiger partial charge on any atom is -0.323 e. The molecule has 0 spiro atoms. The molecule has 4 N–H and O–H groups in total. The van der Waals surface area contributed by atoms with Gasteiger partial charge in [-0.1, -0.05) is 6.07 Å². The van der Waals surface area contributed by atoms with Crippen LogP contribution in [0.3, 0.4) is 0 Å². The number of nitrogens with zero attached hydrogens (tertiary/aromatic N) is 1. The van der Waals surface area contributed by atoms with Crippen molar-refractivity contribution in [2.24, 2.45) is 5.84 Å². The SMILES string of the molecule is Cc1n[nH]c2cccc(NN)c12. The van der Waals surface area contributed by atoms with Gasteiger partial charge in [0, 0.05) is 5.39 Å². The van der Waals surface area contributed by atoms with E-state index in [0.717, 1.165) is 22.3 Å². The number of hydrazine groups is 1. The molecule has 12 heavy (non-hydrogen) atoms. The largest absolute Gasteiger partial charge is 0.323 e. The van der Waals surface area contributed by atoms with Crippen LogP contribution in [0.2, 0.25) is 0 Å². The second kappa shape index (κ2) is 2.49. The highest BCUT2D eigenvalue weighted by Crippen LogP contribution is 2.23. The second-order valence-electron chi connectivity index (χ2n) is 2.68. The average molecular weight is 162 g/mol. The lowest BCUT2D eigenvalue weighted by Crippen LogP contribution is -2.06. The molecule has 0 amide bonds. The summed E-state index contributed by atoms with van der Waals surface area (Å²) in [7, 11) is 0. The van der Waals surface area contributed by atoms with E-state index < -0.39 is 0 Å². The third kappa shape index (κ3) is 0.853. The van der Waals surface area contributed by atoms with Crippen LogP contribution in [0.15, 0.2) is 18.2 Å². The smallest absolute Gasteiger partial charge is 0.0691 e. The number of aryl methyl sites for hydroxylation is 1. The molecule has 0 saturated carbocycles. The monoisotopic (exact) mass is 162 g/mol. The van der Waals surface area contributed by atoms with Crippen molar-refractivity contribution < 1.29 is 0 Å². The molecule has 0 aliphatic rings. The molecule has 2 aromatic rings. The zero-order valence-corrected chi connectivity index (χ0v) is 6.76. The second-order valence-corrected chi connectivity index (χ2v) is 2.68. The van der Waals surface area contributed by atoms with E-state index in [4.69, 9.17) is 5.84 Å². The third-order valence-electron chi connectivity index (χ3n) is 1.93. The molecule has 2 rings (SSSR count). The normalized spacial score (nSPS) is 10.5. The highest BCUT2D eigenvalue weighted by molar-refractivity contribution is 5.93. The maximum atomic E-state index is 5.35. The predicted molar refractivity (Wildman–Crippen MR) is 48.6 cm³/mol. The first-order valence-electron chi connectivity index (χ1n) is 3.73. The highest BCUT2D eigenvalue weighted by atomic mass is 15.2. The Morgan fingerprint density at radius 2 is 2.33 bits per heavy atom. The van der Waals surface area contributed by atoms with Gasteiger partial charge in [0.2, 0.25) is 0 Å². The Bertz CT molecular complexity index is 404. The molecule has 0 radical (unpaired) electrons. The van der Waals surface area contributed by atoms with Crippen LogP contribution in [0.5, 0.6) is 0 Å². The van der Waals surface area contributed by atoms with Crippen LogP contribution in [0.4, 0.5) is 5.69 Å². The van der Waals surface area contributed by atoms with Crippen LogP contribution >= 0.6 is 0 Å². The van der Waals surface area contributed by atoms with Gasteiger partial charge in [0.1, 0.15) is 0 Å². The van der Waals surface area contributed by atoms with E-state index in [0.29, 0.717) is 0 Å². The Morgan fingerprint density at radius 1 is 1.50 bits per heavy atom. The van der Waals surface area contributed by atoms with Crippen molar-refractivity contribution in [3.05, 3.63) is 23.9 Å². The summed E-state index contributed by atoms with van der Waals surface area (Å²) in [6.45, 7) is 1.94. The van der Waals surface area contributed by atoms with Crippen molar-refractivity contribution in [1.82, 2.24) is 10.2 Å². The van der Waals surface area contributed by atoms with Crippen molar-refractivity contribution >= 4 is 16.6 Å². The molecule has 0 atom stereocenters. The van der Waals surface area contributed by atoms with Crippen LogP contribution in [0.25, 0.3) is 10.9 Å². The van der Waals surface area contributed by atoms with E-state index in [-0.39, 0.29) is 0 Å². The van der Waals surface area contributed by atoms with E-state index >= 15 is 0 Å². The number of hydrogen-bond donors (Lipinski definition) is 3. The van der Waals surface area contributed by atoms with Crippen molar-refractivity contribution in [1.29, 1.82) is 0 Å². The molecule has 62 valence electrons. The molecule has 0 unspecified atom stereocenters. The van der Waals surface area contributed by atoms with Crippen LogP contribution < -0.4 is 11.3 Å². The minimum atomic E-state index is 0.902. The Labute approximate surface area is 69.7 Å². The van der Waals surface area contributed by atoms with E-state index in [1.165, 1.54) is 0 Å². The molecule has 0 bridgehead atoms. The van der Waals surface area contributed by atoms with Crippen LogP contribution in [0.1, 0.15) is 5.69 Å². The summed E-state index contributed by atoms with van der Waals surface area (Å²) in [5.41, 5.74) is 5.50. The summed E-state index contributed by atoms with van der Waals surface area (Å²) >= 11 is 0. The zero-order valence-electron chi connectivity index (χ0n) is 6.76. The minimum absolute atomic E-state index is 0.902. The number of nitrogens with one attached hydrogen (secondary N) is 2. The molecule has 0 aliphatic heterocycles. The van der Waals surface area contributed by atoms with E-state index in [2.05, 4.69) is 15.6 Å². The molecule has 0 saturated heterocycles. The van der Waals surface area contributed by atoms with Crippen LogP contribution in [-0.4, -0.2) is 10.2 Å². The quantitative estimate of drug-likeness (QED) is 0.435. The number of H-pyrrole nitrogens is 1. The molecule has 4 heteroatoms. The summed E-state index contributed by atoms with van der Waals surface area (Å²) in [5, 5.41) is 8.06. The Kier molecular flexibility index (Phi) is 1.48. The molecular formula is C8H10N4. The molecule has 4 nitrogen and oxygen atoms in total. The van der Waals surface area contributed by atoms with Gasteiger partial charge in [-0.05, 0) is 19.1 Å². The van der Waals surface area contributed by atoms with Gasteiger partial charge in [-0.3, -0.25) is 10.9 Å². The van der Waals surface area contributed by atoms with Gasteiger partial charge in [-0.15, -0.1) is 0 Å². The van der Waals surface area contributed by atoms with Gasteiger partial charge in [-0.25, -0.2) is 0 Å². The molecular weight excluding hydrogens is 152 g/mol. The third-order valence-corrected chi connectivity index (χ3v) is 1.93. The van der Waals surface area contributed by atoms with Crippen molar-refractivity contribution in [2.45, 2.75) is 6.92 Å². The zero-order chi connectivity index (χ0) is 8.55. The molecule has 0 fully saturated rings. The first-order valence-corrected chi connectivity index (χ1v) is 3.73. The van der Waals surface area contributed by atoms with Crippen molar-refractivity contribution in [3.8, 4) is 0 Å². The average Bonchev–Trinajstić information content (AvgIpc) is 2.48. The first kappa shape index (κ1) is 7.12. The molecule has 0 aliphatic carbocycles. The number of aromatic nitrogens is 2. The van der Waals surface area contributed by atoms with Crippen molar-refractivity contribution in [2.75, 3.05) is 5.43 Å². The van der Waals surface area contributed by atoms with Gasteiger partial charge in [0.25, 0.3) is 0 Å². The number of fused-ring (bicyclic) bond motifs is 1. The molecule has 1 aromatic heterocycles. The van der Waals surface area contributed by atoms with E-state index in [9.17, 15) is 0 Å². The predicted octanol–water partition coefficient (Wildman–Crippen LogP) is 1.16. The first-order chi connectivity index (χ1) is 5.83. The fourth-order valence-corrected chi connectivity index (χ4v) is 1.36. The summed E-state index contributed by atoms with van der Waals surface area (Å²) in [6.07, 6.45) is 0. The summed E-state index contributed by atoms with van der Waals surface area (Å²) in [5.74, 6) is 5.35. The lowest BCUT2D eigenvalue weighted by Gasteiger charge is -2.00. The number of nitrogen functional groups attached to an aromatic ring is 1. The number of aromatic amines is 1. The van der Waals surface area contributed by atoms with E-state index in [1.54, 1.807) is 0 Å². The Morgan fingerprint density at radius 3 is 3.08 bits per heavy atom. The number of hydrogen-bond acceptors (Lipinski definition) is 3. The summed E-state index contributed by atoms with van der Waals surface area (Å²) in [6, 6.07) is 5.82. The number of nitrogens with two attached hydrogens (primary N) is 1. The summed E-state index contributed by atoms with van der Waals surface area (Å²) < 4.78 is 0. The Hall–Kier alpha value is -1.55.